The minimum absolute atomic E-state index is 0.0150. The number of fused-ring (bicyclic) bond motifs is 3. The molecule has 2 atom stereocenters. The van der Waals surface area contributed by atoms with Gasteiger partial charge in [-0.25, -0.2) is 18.1 Å². The molecule has 6 rings (SSSR count). The van der Waals surface area contributed by atoms with Crippen molar-refractivity contribution in [2.24, 2.45) is 7.05 Å². The number of rotatable bonds is 8. The number of alkyl halides is 3. The van der Waals surface area contributed by atoms with Gasteiger partial charge in [0.1, 0.15) is 22.0 Å². The Morgan fingerprint density at radius 2 is 2.00 bits per heavy atom. The lowest BCUT2D eigenvalue weighted by molar-refractivity contribution is -0.274. The van der Waals surface area contributed by atoms with E-state index in [1.807, 2.05) is 13.0 Å². The molecule has 0 spiro atoms. The number of aliphatic carboxylic acids is 1. The lowest BCUT2D eigenvalue weighted by Crippen LogP contribution is -2.36. The summed E-state index contributed by atoms with van der Waals surface area (Å²) in [7, 11) is -2.69. The predicted molar refractivity (Wildman–Crippen MR) is 164 cm³/mol. The fraction of sp³-hybridized carbons (Fsp3) is 0.419. The van der Waals surface area contributed by atoms with Crippen LogP contribution in [0.4, 0.5) is 13.2 Å². The van der Waals surface area contributed by atoms with E-state index >= 15 is 0 Å². The van der Waals surface area contributed by atoms with E-state index in [4.69, 9.17) is 16.3 Å². The number of benzene rings is 2. The van der Waals surface area contributed by atoms with Gasteiger partial charge in [-0.2, -0.15) is 4.31 Å². The van der Waals surface area contributed by atoms with Crippen LogP contribution in [0.25, 0.3) is 11.0 Å². The summed E-state index contributed by atoms with van der Waals surface area (Å²) in [5, 5.41) is 18.1. The molecule has 0 saturated heterocycles. The number of aromatic nitrogens is 4. The number of hydrogen-bond acceptors (Lipinski definition) is 8. The molecule has 250 valence electrons. The fourth-order valence-corrected chi connectivity index (χ4v) is 8.32. The summed E-state index contributed by atoms with van der Waals surface area (Å²) in [6.45, 7) is 3.51. The number of ether oxygens (including phenoxy) is 2. The van der Waals surface area contributed by atoms with Crippen LogP contribution in [0.1, 0.15) is 65.5 Å². The first-order chi connectivity index (χ1) is 22.2. The van der Waals surface area contributed by atoms with Crippen molar-refractivity contribution in [3.8, 4) is 11.6 Å². The molecule has 1 aliphatic carbocycles. The molecule has 0 fully saturated rings. The molecule has 2 aromatic carbocycles. The third-order valence-electron chi connectivity index (χ3n) is 8.74. The van der Waals surface area contributed by atoms with E-state index in [-0.39, 0.29) is 45.5 Å². The number of pyridine rings is 1. The quantitative estimate of drug-likeness (QED) is 0.247. The van der Waals surface area contributed by atoms with Crippen molar-refractivity contribution in [2.75, 3.05) is 6.54 Å². The van der Waals surface area contributed by atoms with Crippen LogP contribution >= 0.6 is 11.6 Å². The van der Waals surface area contributed by atoms with Gasteiger partial charge < -0.3 is 14.6 Å². The predicted octanol–water partition coefficient (Wildman–Crippen LogP) is 5.68. The summed E-state index contributed by atoms with van der Waals surface area (Å²) in [4.78, 5) is 16.2. The summed E-state index contributed by atoms with van der Waals surface area (Å²) in [5.41, 5.74) is 3.98. The maximum absolute atomic E-state index is 14.0. The second-order valence-electron chi connectivity index (χ2n) is 11.8. The molecule has 0 bridgehead atoms. The molecule has 0 radical (unpaired) electrons. The summed E-state index contributed by atoms with van der Waals surface area (Å²) in [6.07, 6.45) is -1.98. The molecule has 3 heterocycles. The molecule has 2 aromatic heterocycles. The second-order valence-corrected chi connectivity index (χ2v) is 14.1. The van der Waals surface area contributed by atoms with Crippen LogP contribution in [0.2, 0.25) is 5.02 Å². The molecule has 11 nitrogen and oxygen atoms in total. The van der Waals surface area contributed by atoms with Crippen molar-refractivity contribution in [3.05, 3.63) is 68.9 Å². The first-order valence-corrected chi connectivity index (χ1v) is 16.7. The van der Waals surface area contributed by atoms with Crippen molar-refractivity contribution in [2.45, 2.75) is 75.8 Å². The Morgan fingerprint density at radius 1 is 1.23 bits per heavy atom. The highest BCUT2D eigenvalue weighted by Gasteiger charge is 2.37. The number of carbonyl (C=O) groups is 1. The van der Waals surface area contributed by atoms with Gasteiger partial charge in [-0.05, 0) is 78.1 Å². The van der Waals surface area contributed by atoms with E-state index in [0.717, 1.165) is 17.5 Å². The average Bonchev–Trinajstić information content (AvgIpc) is 3.61. The lowest BCUT2D eigenvalue weighted by atomic mass is 9.83. The molecule has 0 amide bonds. The summed E-state index contributed by atoms with van der Waals surface area (Å²) < 4.78 is 81.4. The van der Waals surface area contributed by atoms with Gasteiger partial charge in [0.05, 0.1) is 18.0 Å². The number of sulfonamides is 1. The monoisotopic (exact) mass is 693 g/mol. The molecule has 16 heteroatoms. The zero-order chi connectivity index (χ0) is 33.8. The minimum Gasteiger partial charge on any atom is -0.481 e. The SMILES string of the molecule is CC[C@@H]1CN(Cc2cc(C(CC(=O)O)c3cc(OC(F)(F)F)c4c(nnn4C)c3C)cc3c2CCC3)S(=O)(=O)c2cc(Cl)cnc2O1. The Labute approximate surface area is 273 Å². The molecule has 1 unspecified atom stereocenters. The van der Waals surface area contributed by atoms with E-state index in [2.05, 4.69) is 20.0 Å². The van der Waals surface area contributed by atoms with E-state index in [1.54, 1.807) is 13.0 Å². The van der Waals surface area contributed by atoms with E-state index in [0.29, 0.717) is 36.0 Å². The number of aryl methyl sites for hydroxylation is 3. The fourth-order valence-electron chi connectivity index (χ4n) is 6.55. The third-order valence-corrected chi connectivity index (χ3v) is 10.8. The van der Waals surface area contributed by atoms with E-state index < -0.39 is 46.5 Å². The van der Waals surface area contributed by atoms with E-state index in [9.17, 15) is 31.5 Å². The van der Waals surface area contributed by atoms with Gasteiger partial charge in [0.2, 0.25) is 15.9 Å². The topological polar surface area (TPSA) is 137 Å². The standard InChI is InChI=1S/C31H31ClF3N5O6S/c1-4-21-15-40(47(43,44)26-10-20(32)13-36-30(26)45-21)14-19-9-18(8-17-6-5-7-22(17)19)24(12-27(41)42)23-11-25(46-31(33,34)35)29-28(16(23)2)37-38-39(29)3/h8-11,13,21,24H,4-7,12,14-15H2,1-3H3,(H,41,42)/t21-,24?/m1/s1. The highest BCUT2D eigenvalue weighted by atomic mass is 35.5. The average molecular weight is 694 g/mol. The Hall–Kier alpha value is -3.95. The Bertz CT molecular complexity index is 2000. The van der Waals surface area contributed by atoms with Crippen molar-refractivity contribution in [1.82, 2.24) is 24.3 Å². The molecular formula is C31H31ClF3N5O6S. The molecular weight excluding hydrogens is 663 g/mol. The summed E-state index contributed by atoms with van der Waals surface area (Å²) >= 11 is 6.13. The highest BCUT2D eigenvalue weighted by molar-refractivity contribution is 7.89. The zero-order valence-electron chi connectivity index (χ0n) is 25.6. The summed E-state index contributed by atoms with van der Waals surface area (Å²) in [6, 6.07) is 6.14. The number of nitrogens with zero attached hydrogens (tertiary/aromatic N) is 5. The van der Waals surface area contributed by atoms with Crippen LogP contribution < -0.4 is 9.47 Å². The lowest BCUT2D eigenvalue weighted by Gasteiger charge is -2.26. The van der Waals surface area contributed by atoms with Crippen LogP contribution in [0.5, 0.6) is 11.6 Å². The molecule has 2 aliphatic rings. The van der Waals surface area contributed by atoms with Crippen molar-refractivity contribution < 1.29 is 41.0 Å². The van der Waals surface area contributed by atoms with Gasteiger partial charge in [-0.1, -0.05) is 35.9 Å². The molecule has 4 aromatic rings. The van der Waals surface area contributed by atoms with Crippen LogP contribution in [-0.2, 0) is 41.3 Å². The maximum Gasteiger partial charge on any atom is 0.573 e. The minimum atomic E-state index is -5.02. The van der Waals surface area contributed by atoms with Crippen molar-refractivity contribution >= 4 is 38.6 Å². The number of carboxylic acids is 1. The maximum atomic E-state index is 14.0. The largest absolute Gasteiger partial charge is 0.573 e. The molecule has 47 heavy (non-hydrogen) atoms. The number of halogens is 4. The smallest absolute Gasteiger partial charge is 0.481 e. The van der Waals surface area contributed by atoms with Crippen LogP contribution in [-0.4, -0.2) is 62.8 Å². The third kappa shape index (κ3) is 6.35. The molecule has 1 aliphatic heterocycles. The van der Waals surface area contributed by atoms with Gasteiger partial charge in [0.15, 0.2) is 5.75 Å². The number of carboxylic acid groups (broad SMARTS) is 1. The van der Waals surface area contributed by atoms with Crippen LogP contribution in [0, 0.1) is 6.92 Å². The molecule has 0 saturated carbocycles. The normalized spacial score (nSPS) is 18.3. The van der Waals surface area contributed by atoms with Gasteiger partial charge in [-0.3, -0.25) is 4.79 Å². The van der Waals surface area contributed by atoms with Crippen LogP contribution in [0.3, 0.4) is 0 Å². The molecule has 1 N–H and O–H groups in total. The highest BCUT2D eigenvalue weighted by Crippen LogP contribution is 2.42. The van der Waals surface area contributed by atoms with Gasteiger partial charge in [0.25, 0.3) is 0 Å². The first-order valence-electron chi connectivity index (χ1n) is 14.9. The van der Waals surface area contributed by atoms with Gasteiger partial charge >= 0.3 is 12.3 Å². The van der Waals surface area contributed by atoms with Crippen LogP contribution in [0.15, 0.2) is 35.4 Å². The first kappa shape index (κ1) is 33.0. The van der Waals surface area contributed by atoms with Crippen molar-refractivity contribution in [3.63, 3.8) is 0 Å². The van der Waals surface area contributed by atoms with E-state index in [1.165, 1.54) is 34.4 Å². The Kier molecular flexibility index (Phi) is 8.59. The van der Waals surface area contributed by atoms with Crippen molar-refractivity contribution in [1.29, 1.82) is 0 Å². The second kappa shape index (κ2) is 12.3. The number of hydrogen-bond donors (Lipinski definition) is 1. The Balaban J connectivity index is 1.49. The summed E-state index contributed by atoms with van der Waals surface area (Å²) in [5.74, 6) is -2.68. The Morgan fingerprint density at radius 3 is 2.70 bits per heavy atom. The van der Waals surface area contributed by atoms with Gasteiger partial charge in [-0.15, -0.1) is 18.3 Å². The van der Waals surface area contributed by atoms with Gasteiger partial charge in [0, 0.05) is 25.7 Å². The zero-order valence-corrected chi connectivity index (χ0v) is 27.2.